The van der Waals surface area contributed by atoms with E-state index >= 15 is 0 Å². The molecule has 1 atom stereocenters. The summed E-state index contributed by atoms with van der Waals surface area (Å²) in [5, 5.41) is 5.83. The van der Waals surface area contributed by atoms with E-state index in [0.29, 0.717) is 18.0 Å². The Morgan fingerprint density at radius 3 is 2.56 bits per heavy atom. The molecule has 0 unspecified atom stereocenters. The predicted molar refractivity (Wildman–Crippen MR) is 102 cm³/mol. The van der Waals surface area contributed by atoms with Gasteiger partial charge in [-0.2, -0.15) is 0 Å². The number of carbonyl (C=O) groups excluding carboxylic acids is 1. The summed E-state index contributed by atoms with van der Waals surface area (Å²) in [7, 11) is 1.62. The highest BCUT2D eigenvalue weighted by atomic mass is 35.5. The summed E-state index contributed by atoms with van der Waals surface area (Å²) in [5.74, 6) is -0.0366. The van der Waals surface area contributed by atoms with Crippen LogP contribution in [0, 0.1) is 0 Å². The predicted octanol–water partition coefficient (Wildman–Crippen LogP) is 4.54. The summed E-state index contributed by atoms with van der Waals surface area (Å²) in [5.41, 5.74) is 1.89. The van der Waals surface area contributed by atoms with E-state index in [1.165, 1.54) is 0 Å². The number of hydrogen-bond donors (Lipinski definition) is 1. The van der Waals surface area contributed by atoms with E-state index in [1.54, 1.807) is 7.11 Å². The van der Waals surface area contributed by atoms with Gasteiger partial charge in [-0.1, -0.05) is 72.3 Å². The monoisotopic (exact) mass is 353 g/mol. The van der Waals surface area contributed by atoms with Gasteiger partial charge < -0.3 is 10.1 Å². The second-order valence-electron chi connectivity index (χ2n) is 5.86. The Morgan fingerprint density at radius 1 is 1.04 bits per heavy atom. The zero-order valence-corrected chi connectivity index (χ0v) is 14.8. The topological polar surface area (TPSA) is 38.3 Å². The van der Waals surface area contributed by atoms with Crippen molar-refractivity contribution >= 4 is 28.3 Å². The Kier molecular flexibility index (Phi) is 5.69. The fourth-order valence-electron chi connectivity index (χ4n) is 2.95. The number of carbonyl (C=O) groups is 1. The second kappa shape index (κ2) is 8.15. The SMILES string of the molecule is CO[C@H](CNC(=O)Cc1cccc2ccccc12)c1ccccc1Cl. The lowest BCUT2D eigenvalue weighted by atomic mass is 10.0. The van der Waals surface area contributed by atoms with E-state index in [4.69, 9.17) is 16.3 Å². The smallest absolute Gasteiger partial charge is 0.224 e. The molecule has 0 spiro atoms. The second-order valence-corrected chi connectivity index (χ2v) is 6.27. The highest BCUT2D eigenvalue weighted by Gasteiger charge is 2.15. The molecule has 1 amide bonds. The Bertz CT molecular complexity index is 873. The number of nitrogens with one attached hydrogen (secondary N) is 1. The quantitative estimate of drug-likeness (QED) is 0.706. The number of halogens is 1. The zero-order chi connectivity index (χ0) is 17.6. The van der Waals surface area contributed by atoms with Crippen molar-refractivity contribution in [3.63, 3.8) is 0 Å². The molecule has 0 aliphatic carbocycles. The fraction of sp³-hybridized carbons (Fsp3) is 0.190. The third kappa shape index (κ3) is 4.19. The molecule has 0 aliphatic heterocycles. The van der Waals surface area contributed by atoms with Crippen LogP contribution in [0.15, 0.2) is 66.7 Å². The maximum Gasteiger partial charge on any atom is 0.224 e. The first kappa shape index (κ1) is 17.5. The normalized spacial score (nSPS) is 12.1. The van der Waals surface area contributed by atoms with Crippen LogP contribution >= 0.6 is 11.6 Å². The third-order valence-electron chi connectivity index (χ3n) is 4.25. The van der Waals surface area contributed by atoms with Crippen LogP contribution in [0.5, 0.6) is 0 Å². The molecule has 0 saturated carbocycles. The minimum atomic E-state index is -0.273. The number of amides is 1. The van der Waals surface area contributed by atoms with E-state index in [-0.39, 0.29) is 12.0 Å². The van der Waals surface area contributed by atoms with Gasteiger partial charge in [0.15, 0.2) is 0 Å². The first-order valence-corrected chi connectivity index (χ1v) is 8.57. The summed E-state index contributed by atoms with van der Waals surface area (Å²) in [4.78, 5) is 12.4. The lowest BCUT2D eigenvalue weighted by Crippen LogP contribution is -2.30. The van der Waals surface area contributed by atoms with E-state index < -0.39 is 0 Å². The maximum absolute atomic E-state index is 12.4. The molecule has 128 valence electrons. The molecule has 3 nitrogen and oxygen atoms in total. The molecule has 0 aromatic heterocycles. The van der Waals surface area contributed by atoms with Crippen LogP contribution < -0.4 is 5.32 Å². The molecule has 3 aromatic rings. The molecule has 0 fully saturated rings. The minimum absolute atomic E-state index is 0.0366. The summed E-state index contributed by atoms with van der Waals surface area (Å²) in [6, 6.07) is 21.6. The Morgan fingerprint density at radius 2 is 1.76 bits per heavy atom. The molecule has 1 N–H and O–H groups in total. The molecule has 25 heavy (non-hydrogen) atoms. The summed E-state index contributed by atoms with van der Waals surface area (Å²) >= 11 is 6.22. The van der Waals surface area contributed by atoms with Gasteiger partial charge in [0.2, 0.25) is 5.91 Å². The molecule has 0 saturated heterocycles. The van der Waals surface area contributed by atoms with E-state index in [2.05, 4.69) is 17.4 Å². The number of hydrogen-bond acceptors (Lipinski definition) is 2. The third-order valence-corrected chi connectivity index (χ3v) is 4.60. The van der Waals surface area contributed by atoms with Crippen LogP contribution in [-0.2, 0) is 16.0 Å². The molecule has 3 aromatic carbocycles. The average Bonchev–Trinajstić information content (AvgIpc) is 2.64. The van der Waals surface area contributed by atoms with Crippen LogP contribution in [0.25, 0.3) is 10.8 Å². The number of methoxy groups -OCH3 is 1. The summed E-state index contributed by atoms with van der Waals surface area (Å²) in [6.07, 6.45) is 0.0606. The van der Waals surface area contributed by atoms with Crippen LogP contribution in [0.1, 0.15) is 17.2 Å². The van der Waals surface area contributed by atoms with Crippen LogP contribution in [-0.4, -0.2) is 19.6 Å². The van der Waals surface area contributed by atoms with Crippen molar-refractivity contribution in [2.24, 2.45) is 0 Å². The number of ether oxygens (including phenoxy) is 1. The van der Waals surface area contributed by atoms with Crippen molar-refractivity contribution in [3.8, 4) is 0 Å². The van der Waals surface area contributed by atoms with Gasteiger partial charge in [0.05, 0.1) is 6.42 Å². The molecule has 0 heterocycles. The number of fused-ring (bicyclic) bond motifs is 1. The first-order valence-electron chi connectivity index (χ1n) is 8.19. The lowest BCUT2D eigenvalue weighted by molar-refractivity contribution is -0.121. The molecule has 3 rings (SSSR count). The van der Waals surface area contributed by atoms with Crippen molar-refractivity contribution in [2.75, 3.05) is 13.7 Å². The summed E-state index contributed by atoms with van der Waals surface area (Å²) in [6.45, 7) is 0.379. The maximum atomic E-state index is 12.4. The molecular weight excluding hydrogens is 334 g/mol. The molecule has 0 aliphatic rings. The van der Waals surface area contributed by atoms with Gasteiger partial charge in [-0.05, 0) is 22.4 Å². The van der Waals surface area contributed by atoms with Gasteiger partial charge in [0, 0.05) is 24.2 Å². The lowest BCUT2D eigenvalue weighted by Gasteiger charge is -2.18. The molecule has 0 bridgehead atoms. The van der Waals surface area contributed by atoms with Crippen molar-refractivity contribution in [3.05, 3.63) is 82.9 Å². The van der Waals surface area contributed by atoms with Crippen molar-refractivity contribution < 1.29 is 9.53 Å². The van der Waals surface area contributed by atoms with Crippen LogP contribution in [0.3, 0.4) is 0 Å². The number of rotatable bonds is 6. The standard InChI is InChI=1S/C21H20ClNO2/c1-25-20(18-11-4-5-12-19(18)22)14-23-21(24)13-16-9-6-8-15-7-2-3-10-17(15)16/h2-12,20H,13-14H2,1H3,(H,23,24)/t20-/m1/s1. The average molecular weight is 354 g/mol. The van der Waals surface area contributed by atoms with Gasteiger partial charge in [-0.3, -0.25) is 4.79 Å². The van der Waals surface area contributed by atoms with Crippen molar-refractivity contribution in [1.82, 2.24) is 5.32 Å². The van der Waals surface area contributed by atoms with Crippen LogP contribution in [0.4, 0.5) is 0 Å². The van der Waals surface area contributed by atoms with E-state index in [9.17, 15) is 4.79 Å². The van der Waals surface area contributed by atoms with E-state index in [0.717, 1.165) is 21.9 Å². The van der Waals surface area contributed by atoms with Gasteiger partial charge in [-0.25, -0.2) is 0 Å². The van der Waals surface area contributed by atoms with Crippen molar-refractivity contribution in [1.29, 1.82) is 0 Å². The van der Waals surface area contributed by atoms with Crippen LogP contribution in [0.2, 0.25) is 5.02 Å². The van der Waals surface area contributed by atoms with Gasteiger partial charge in [0.1, 0.15) is 6.10 Å². The minimum Gasteiger partial charge on any atom is -0.375 e. The Hall–Kier alpha value is -2.36. The zero-order valence-electron chi connectivity index (χ0n) is 14.0. The molecule has 0 radical (unpaired) electrons. The highest BCUT2D eigenvalue weighted by Crippen LogP contribution is 2.24. The largest absolute Gasteiger partial charge is 0.375 e. The Balaban J connectivity index is 1.67. The van der Waals surface area contributed by atoms with E-state index in [1.807, 2.05) is 54.6 Å². The highest BCUT2D eigenvalue weighted by molar-refractivity contribution is 6.31. The fourth-order valence-corrected chi connectivity index (χ4v) is 3.20. The van der Waals surface area contributed by atoms with Gasteiger partial charge in [0.25, 0.3) is 0 Å². The number of benzene rings is 3. The molecule has 4 heteroatoms. The first-order chi connectivity index (χ1) is 12.2. The summed E-state index contributed by atoms with van der Waals surface area (Å²) < 4.78 is 5.49. The van der Waals surface area contributed by atoms with Gasteiger partial charge >= 0.3 is 0 Å². The van der Waals surface area contributed by atoms with Gasteiger partial charge in [-0.15, -0.1) is 0 Å². The van der Waals surface area contributed by atoms with Crippen molar-refractivity contribution in [2.45, 2.75) is 12.5 Å². The molecular formula is C21H20ClNO2. The Labute approximate surface area is 152 Å².